The molecule has 0 aliphatic rings. The van der Waals surface area contributed by atoms with Crippen molar-refractivity contribution in [3.63, 3.8) is 0 Å². The smallest absolute Gasteiger partial charge is 0.246 e. The number of amides is 1. The largest absolute Gasteiger partial charge is 0.346 e. The third kappa shape index (κ3) is 3.30. The third-order valence-electron chi connectivity index (χ3n) is 2.54. The number of nitrogens with one attached hydrogen (secondary N) is 1. The predicted molar refractivity (Wildman–Crippen MR) is 58.3 cm³/mol. The number of rotatable bonds is 5. The summed E-state index contributed by atoms with van der Waals surface area (Å²) in [7, 11) is 0. The van der Waals surface area contributed by atoms with Crippen LogP contribution >= 0.6 is 0 Å². The van der Waals surface area contributed by atoms with Crippen molar-refractivity contribution in [2.75, 3.05) is 0 Å². The van der Waals surface area contributed by atoms with E-state index < -0.39 is 6.04 Å². The molecule has 1 rings (SSSR count). The first-order valence-electron chi connectivity index (χ1n) is 5.37. The lowest BCUT2D eigenvalue weighted by molar-refractivity contribution is -0.123. The molecule has 0 spiro atoms. The van der Waals surface area contributed by atoms with Crippen molar-refractivity contribution in [3.8, 4) is 0 Å². The molecule has 1 unspecified atom stereocenters. The molecule has 0 bridgehead atoms. The summed E-state index contributed by atoms with van der Waals surface area (Å²) in [6.07, 6.45) is 0.869. The molecule has 1 amide bonds. The van der Waals surface area contributed by atoms with Gasteiger partial charge in [-0.25, -0.2) is 0 Å². The maximum absolute atomic E-state index is 11.6. The minimum atomic E-state index is -0.492. The first kappa shape index (κ1) is 12.6. The highest BCUT2D eigenvalue weighted by atomic mass is 16.5. The van der Waals surface area contributed by atoms with Crippen LogP contribution in [-0.2, 0) is 11.3 Å². The van der Waals surface area contributed by atoms with Gasteiger partial charge in [-0.2, -0.15) is 4.98 Å². The Morgan fingerprint density at radius 2 is 2.31 bits per heavy atom. The van der Waals surface area contributed by atoms with E-state index in [1.165, 1.54) is 0 Å². The topological polar surface area (TPSA) is 94.0 Å². The number of carbonyl (C=O) groups is 1. The molecule has 0 aliphatic carbocycles. The number of carbonyl (C=O) groups excluding carboxylic acids is 1. The molecular formula is C10H18N4O2. The molecule has 0 aromatic carbocycles. The van der Waals surface area contributed by atoms with Gasteiger partial charge in [0.15, 0.2) is 5.82 Å². The Morgan fingerprint density at radius 1 is 1.62 bits per heavy atom. The maximum atomic E-state index is 11.6. The second kappa shape index (κ2) is 5.60. The standard InChI is InChI=1S/C10H18N4O2/c1-4-6(2)9(11)10(15)12-5-8-13-7(3)14-16-8/h6,9H,4-5,11H2,1-3H3,(H,12,15)/t6?,9-/m0/s1. The first-order valence-corrected chi connectivity index (χ1v) is 5.37. The van der Waals surface area contributed by atoms with Gasteiger partial charge >= 0.3 is 0 Å². The van der Waals surface area contributed by atoms with Crippen LogP contribution < -0.4 is 11.1 Å². The fourth-order valence-corrected chi connectivity index (χ4v) is 1.20. The summed E-state index contributed by atoms with van der Waals surface area (Å²) in [5.41, 5.74) is 5.76. The third-order valence-corrected chi connectivity index (χ3v) is 2.54. The van der Waals surface area contributed by atoms with Gasteiger partial charge in [0.05, 0.1) is 12.6 Å². The second-order valence-corrected chi connectivity index (χ2v) is 3.86. The summed E-state index contributed by atoms with van der Waals surface area (Å²) in [4.78, 5) is 15.6. The Kier molecular flexibility index (Phi) is 4.42. The van der Waals surface area contributed by atoms with Gasteiger partial charge in [-0.05, 0) is 12.8 Å². The van der Waals surface area contributed by atoms with Gasteiger partial charge in [-0.15, -0.1) is 0 Å². The van der Waals surface area contributed by atoms with Crippen molar-refractivity contribution < 1.29 is 9.32 Å². The minimum Gasteiger partial charge on any atom is -0.346 e. The first-order chi connectivity index (χ1) is 7.54. The quantitative estimate of drug-likeness (QED) is 0.756. The molecule has 90 valence electrons. The van der Waals surface area contributed by atoms with E-state index in [0.29, 0.717) is 11.7 Å². The normalized spacial score (nSPS) is 14.5. The van der Waals surface area contributed by atoms with Crippen molar-refractivity contribution in [1.29, 1.82) is 0 Å². The summed E-state index contributed by atoms with van der Waals surface area (Å²) in [6.45, 7) is 5.89. The van der Waals surface area contributed by atoms with Crippen LogP contribution in [0.4, 0.5) is 0 Å². The van der Waals surface area contributed by atoms with Crippen LogP contribution in [0, 0.1) is 12.8 Å². The van der Waals surface area contributed by atoms with Crippen LogP contribution in [0.2, 0.25) is 0 Å². The van der Waals surface area contributed by atoms with Gasteiger partial charge in [0.1, 0.15) is 0 Å². The molecule has 1 heterocycles. The van der Waals surface area contributed by atoms with Crippen LogP contribution in [0.3, 0.4) is 0 Å². The molecule has 0 fully saturated rings. The van der Waals surface area contributed by atoms with E-state index in [-0.39, 0.29) is 18.4 Å². The lowest BCUT2D eigenvalue weighted by Gasteiger charge is -2.16. The molecule has 0 saturated heterocycles. The van der Waals surface area contributed by atoms with Crippen LogP contribution in [0.25, 0.3) is 0 Å². The molecule has 0 saturated carbocycles. The number of nitrogens with two attached hydrogens (primary N) is 1. The molecule has 1 aromatic heterocycles. The number of hydrogen-bond acceptors (Lipinski definition) is 5. The molecule has 0 radical (unpaired) electrons. The van der Waals surface area contributed by atoms with E-state index in [1.54, 1.807) is 6.92 Å². The van der Waals surface area contributed by atoms with Gasteiger partial charge in [0.2, 0.25) is 11.8 Å². The monoisotopic (exact) mass is 226 g/mol. The molecule has 6 heteroatoms. The van der Waals surface area contributed by atoms with Crippen LogP contribution in [0.5, 0.6) is 0 Å². The molecule has 2 atom stereocenters. The molecule has 0 aliphatic heterocycles. The zero-order valence-corrected chi connectivity index (χ0v) is 9.86. The number of nitrogens with zero attached hydrogens (tertiary/aromatic N) is 2. The lowest BCUT2D eigenvalue weighted by Crippen LogP contribution is -2.44. The summed E-state index contributed by atoms with van der Waals surface area (Å²) in [5, 5.41) is 6.29. The number of hydrogen-bond donors (Lipinski definition) is 2. The second-order valence-electron chi connectivity index (χ2n) is 3.86. The van der Waals surface area contributed by atoms with E-state index in [0.717, 1.165) is 6.42 Å². The fourth-order valence-electron chi connectivity index (χ4n) is 1.20. The zero-order chi connectivity index (χ0) is 12.1. The summed E-state index contributed by atoms with van der Waals surface area (Å²) in [6, 6.07) is -0.492. The number of aromatic nitrogens is 2. The highest BCUT2D eigenvalue weighted by Gasteiger charge is 2.19. The Morgan fingerprint density at radius 3 is 2.81 bits per heavy atom. The van der Waals surface area contributed by atoms with Crippen LogP contribution in [0.1, 0.15) is 32.0 Å². The summed E-state index contributed by atoms with van der Waals surface area (Å²) < 4.78 is 4.86. The molecule has 6 nitrogen and oxygen atoms in total. The highest BCUT2D eigenvalue weighted by molar-refractivity contribution is 5.81. The fraction of sp³-hybridized carbons (Fsp3) is 0.700. The Balaban J connectivity index is 2.40. The zero-order valence-electron chi connectivity index (χ0n) is 9.86. The Hall–Kier alpha value is -1.43. The van der Waals surface area contributed by atoms with E-state index in [2.05, 4.69) is 15.5 Å². The Bertz CT molecular complexity index is 350. The van der Waals surface area contributed by atoms with E-state index in [1.807, 2.05) is 13.8 Å². The van der Waals surface area contributed by atoms with E-state index >= 15 is 0 Å². The minimum absolute atomic E-state index is 0.157. The average molecular weight is 226 g/mol. The van der Waals surface area contributed by atoms with Crippen molar-refractivity contribution in [3.05, 3.63) is 11.7 Å². The van der Waals surface area contributed by atoms with Crippen molar-refractivity contribution in [2.24, 2.45) is 11.7 Å². The molecule has 1 aromatic rings. The number of aryl methyl sites for hydroxylation is 1. The Labute approximate surface area is 94.6 Å². The van der Waals surface area contributed by atoms with Crippen LogP contribution in [-0.4, -0.2) is 22.1 Å². The van der Waals surface area contributed by atoms with Gasteiger partial charge in [-0.1, -0.05) is 25.4 Å². The van der Waals surface area contributed by atoms with Gasteiger partial charge in [0.25, 0.3) is 0 Å². The molecule has 3 N–H and O–H groups in total. The van der Waals surface area contributed by atoms with Crippen molar-refractivity contribution in [1.82, 2.24) is 15.5 Å². The highest BCUT2D eigenvalue weighted by Crippen LogP contribution is 2.05. The van der Waals surface area contributed by atoms with E-state index in [4.69, 9.17) is 10.3 Å². The van der Waals surface area contributed by atoms with Crippen molar-refractivity contribution >= 4 is 5.91 Å². The summed E-state index contributed by atoms with van der Waals surface area (Å²) >= 11 is 0. The van der Waals surface area contributed by atoms with Gasteiger partial charge < -0.3 is 15.6 Å². The average Bonchev–Trinajstić information content (AvgIpc) is 2.69. The van der Waals surface area contributed by atoms with Gasteiger partial charge in [-0.3, -0.25) is 4.79 Å². The van der Waals surface area contributed by atoms with Crippen LogP contribution in [0.15, 0.2) is 4.52 Å². The molecule has 16 heavy (non-hydrogen) atoms. The summed E-state index contributed by atoms with van der Waals surface area (Å²) in [5.74, 6) is 0.910. The maximum Gasteiger partial charge on any atom is 0.246 e. The van der Waals surface area contributed by atoms with Crippen molar-refractivity contribution in [2.45, 2.75) is 39.8 Å². The lowest BCUT2D eigenvalue weighted by atomic mass is 9.99. The van der Waals surface area contributed by atoms with Gasteiger partial charge in [0, 0.05) is 0 Å². The predicted octanol–water partition coefficient (Wildman–Crippen LogP) is 0.368. The SMILES string of the molecule is CCC(C)[C@H](N)C(=O)NCc1nc(C)no1. The molecular weight excluding hydrogens is 208 g/mol. The van der Waals surface area contributed by atoms with E-state index in [9.17, 15) is 4.79 Å².